The topological polar surface area (TPSA) is 107 Å². The molecule has 7 nitrogen and oxygen atoms in total. The van der Waals surface area contributed by atoms with Gasteiger partial charge in [0.1, 0.15) is 10.7 Å². The lowest BCUT2D eigenvalue weighted by Crippen LogP contribution is -2.45. The van der Waals surface area contributed by atoms with Crippen LogP contribution in [0.2, 0.25) is 0 Å². The molecule has 1 unspecified atom stereocenters. The largest absolute Gasteiger partial charge is 0.327 e. The molecule has 1 aromatic rings. The van der Waals surface area contributed by atoms with Crippen LogP contribution in [0.25, 0.3) is 0 Å². The highest BCUT2D eigenvalue weighted by molar-refractivity contribution is 7.89. The first kappa shape index (κ1) is 14.8. The van der Waals surface area contributed by atoms with Gasteiger partial charge in [0.25, 0.3) is 5.69 Å². The van der Waals surface area contributed by atoms with E-state index in [-0.39, 0.29) is 19.1 Å². The Kier molecular flexibility index (Phi) is 4.02. The van der Waals surface area contributed by atoms with Gasteiger partial charge in [-0.3, -0.25) is 10.1 Å². The molecule has 0 radical (unpaired) electrons. The monoisotopic (exact) mass is 303 g/mol. The van der Waals surface area contributed by atoms with Gasteiger partial charge >= 0.3 is 0 Å². The number of sulfonamides is 1. The molecule has 0 bridgehead atoms. The molecule has 9 heteroatoms. The van der Waals surface area contributed by atoms with Crippen LogP contribution in [0.5, 0.6) is 0 Å². The lowest BCUT2D eigenvalue weighted by molar-refractivity contribution is -0.385. The summed E-state index contributed by atoms with van der Waals surface area (Å²) in [4.78, 5) is 9.18. The van der Waals surface area contributed by atoms with Crippen LogP contribution >= 0.6 is 0 Å². The summed E-state index contributed by atoms with van der Waals surface area (Å²) in [5, 5.41) is 10.5. The lowest BCUT2D eigenvalue weighted by atomic mass is 10.1. The van der Waals surface area contributed by atoms with E-state index in [2.05, 4.69) is 0 Å². The Labute approximate surface area is 115 Å². The fourth-order valence-corrected chi connectivity index (χ4v) is 3.72. The number of nitro groups is 1. The maximum atomic E-state index is 13.8. The minimum atomic E-state index is -4.01. The van der Waals surface area contributed by atoms with Crippen LogP contribution in [0.1, 0.15) is 12.8 Å². The molecule has 2 N–H and O–H groups in total. The second kappa shape index (κ2) is 5.43. The van der Waals surface area contributed by atoms with E-state index in [1.807, 2.05) is 0 Å². The van der Waals surface area contributed by atoms with Crippen LogP contribution in [0.4, 0.5) is 10.1 Å². The Balaban J connectivity index is 2.36. The average molecular weight is 303 g/mol. The molecule has 1 fully saturated rings. The van der Waals surface area contributed by atoms with Crippen LogP contribution in [0.3, 0.4) is 0 Å². The van der Waals surface area contributed by atoms with E-state index in [1.54, 1.807) is 0 Å². The molecule has 0 aliphatic carbocycles. The molecular weight excluding hydrogens is 289 g/mol. The van der Waals surface area contributed by atoms with Crippen molar-refractivity contribution in [1.82, 2.24) is 4.31 Å². The summed E-state index contributed by atoms with van der Waals surface area (Å²) in [7, 11) is -4.01. The third-order valence-corrected chi connectivity index (χ3v) is 5.06. The van der Waals surface area contributed by atoms with Gasteiger partial charge in [-0.15, -0.1) is 0 Å². The molecule has 1 aliphatic heterocycles. The first-order chi connectivity index (χ1) is 9.32. The number of piperidine rings is 1. The summed E-state index contributed by atoms with van der Waals surface area (Å²) in [6.07, 6.45) is 1.32. The zero-order chi connectivity index (χ0) is 14.9. The predicted octanol–water partition coefficient (Wildman–Crippen LogP) is 0.846. The summed E-state index contributed by atoms with van der Waals surface area (Å²) >= 11 is 0. The summed E-state index contributed by atoms with van der Waals surface area (Å²) < 4.78 is 39.5. The van der Waals surface area contributed by atoms with Crippen molar-refractivity contribution in [2.75, 3.05) is 13.1 Å². The Morgan fingerprint density at radius 2 is 2.15 bits per heavy atom. The Morgan fingerprint density at radius 3 is 2.70 bits per heavy atom. The molecular formula is C11H14FN3O4S. The van der Waals surface area contributed by atoms with Gasteiger partial charge in [-0.25, -0.2) is 12.8 Å². The smallest absolute Gasteiger partial charge is 0.272 e. The fraction of sp³-hybridized carbons (Fsp3) is 0.455. The first-order valence-corrected chi connectivity index (χ1v) is 7.46. The lowest BCUT2D eigenvalue weighted by Gasteiger charge is -2.29. The van der Waals surface area contributed by atoms with E-state index >= 15 is 0 Å². The van der Waals surface area contributed by atoms with Gasteiger partial charge in [-0.05, 0) is 18.9 Å². The summed E-state index contributed by atoms with van der Waals surface area (Å²) in [5.41, 5.74) is 5.22. The minimum absolute atomic E-state index is 0.124. The Hall–Kier alpha value is -1.58. The van der Waals surface area contributed by atoms with Gasteiger partial charge in [0.15, 0.2) is 0 Å². The Morgan fingerprint density at radius 1 is 1.45 bits per heavy atom. The number of non-ortho nitro benzene ring substituents is 1. The van der Waals surface area contributed by atoms with Crippen molar-refractivity contribution in [3.8, 4) is 0 Å². The molecule has 2 rings (SSSR count). The summed E-state index contributed by atoms with van der Waals surface area (Å²) in [6.45, 7) is 0.394. The zero-order valence-corrected chi connectivity index (χ0v) is 11.3. The highest BCUT2D eigenvalue weighted by Crippen LogP contribution is 2.25. The van der Waals surface area contributed by atoms with E-state index in [0.717, 1.165) is 22.9 Å². The van der Waals surface area contributed by atoms with E-state index in [9.17, 15) is 22.9 Å². The van der Waals surface area contributed by atoms with Gasteiger partial charge in [0, 0.05) is 25.2 Å². The van der Waals surface area contributed by atoms with E-state index < -0.39 is 31.3 Å². The number of nitro benzene ring substituents is 1. The van der Waals surface area contributed by atoms with Crippen molar-refractivity contribution >= 4 is 15.7 Å². The SMILES string of the molecule is NC1CCCN(S(=O)(=O)c2ccc([N+](=O)[O-])cc2F)C1. The number of halogens is 1. The van der Waals surface area contributed by atoms with Crippen molar-refractivity contribution in [1.29, 1.82) is 0 Å². The number of nitrogens with two attached hydrogens (primary N) is 1. The van der Waals surface area contributed by atoms with E-state index in [4.69, 9.17) is 5.73 Å². The number of hydrogen-bond acceptors (Lipinski definition) is 5. The van der Waals surface area contributed by atoms with Crippen molar-refractivity contribution in [2.45, 2.75) is 23.8 Å². The maximum Gasteiger partial charge on any atom is 0.272 e. The van der Waals surface area contributed by atoms with Crippen LogP contribution in [0, 0.1) is 15.9 Å². The molecule has 0 aromatic heterocycles. The third kappa shape index (κ3) is 2.79. The van der Waals surface area contributed by atoms with Crippen molar-refractivity contribution in [3.05, 3.63) is 34.1 Å². The van der Waals surface area contributed by atoms with Gasteiger partial charge in [-0.1, -0.05) is 0 Å². The van der Waals surface area contributed by atoms with Crippen molar-refractivity contribution in [3.63, 3.8) is 0 Å². The number of benzene rings is 1. The summed E-state index contributed by atoms with van der Waals surface area (Å²) in [6, 6.07) is 2.22. The molecule has 1 heterocycles. The minimum Gasteiger partial charge on any atom is -0.327 e. The average Bonchev–Trinajstić information content (AvgIpc) is 2.38. The molecule has 1 aromatic carbocycles. The standard InChI is InChI=1S/C11H14FN3O4S/c12-10-6-9(15(16)17)3-4-11(10)20(18,19)14-5-1-2-8(13)7-14/h3-4,6,8H,1-2,5,7,13H2. The normalized spacial score (nSPS) is 20.8. The van der Waals surface area contributed by atoms with Crippen LogP contribution in [0.15, 0.2) is 23.1 Å². The quantitative estimate of drug-likeness (QED) is 0.658. The molecule has 110 valence electrons. The molecule has 0 saturated carbocycles. The van der Waals surface area contributed by atoms with Crippen molar-refractivity contribution < 1.29 is 17.7 Å². The number of rotatable bonds is 3. The van der Waals surface area contributed by atoms with Gasteiger partial charge < -0.3 is 5.73 Å². The molecule has 0 spiro atoms. The summed E-state index contributed by atoms with van der Waals surface area (Å²) in [5.74, 6) is -1.13. The molecule has 20 heavy (non-hydrogen) atoms. The molecule has 0 amide bonds. The highest BCUT2D eigenvalue weighted by Gasteiger charge is 2.31. The second-order valence-corrected chi connectivity index (χ2v) is 6.54. The molecule has 1 aliphatic rings. The first-order valence-electron chi connectivity index (χ1n) is 6.02. The van der Waals surface area contributed by atoms with Crippen LogP contribution in [-0.2, 0) is 10.0 Å². The van der Waals surface area contributed by atoms with Crippen LogP contribution < -0.4 is 5.73 Å². The number of nitrogens with zero attached hydrogens (tertiary/aromatic N) is 2. The Bertz CT molecular complexity index is 635. The highest BCUT2D eigenvalue weighted by atomic mass is 32.2. The van der Waals surface area contributed by atoms with Crippen molar-refractivity contribution in [2.24, 2.45) is 5.73 Å². The third-order valence-electron chi connectivity index (χ3n) is 3.16. The van der Waals surface area contributed by atoms with Gasteiger partial charge in [-0.2, -0.15) is 4.31 Å². The second-order valence-electron chi connectivity index (χ2n) is 4.64. The molecule has 1 saturated heterocycles. The maximum absolute atomic E-state index is 13.8. The number of hydrogen-bond donors (Lipinski definition) is 1. The van der Waals surface area contributed by atoms with Gasteiger partial charge in [0.05, 0.1) is 11.0 Å². The predicted molar refractivity (Wildman–Crippen MR) is 69.0 cm³/mol. The zero-order valence-electron chi connectivity index (χ0n) is 10.5. The van der Waals surface area contributed by atoms with E-state index in [1.165, 1.54) is 0 Å². The fourth-order valence-electron chi connectivity index (χ4n) is 2.14. The van der Waals surface area contributed by atoms with E-state index in [0.29, 0.717) is 12.5 Å². The van der Waals surface area contributed by atoms with Gasteiger partial charge in [0.2, 0.25) is 10.0 Å². The molecule has 1 atom stereocenters. The van der Waals surface area contributed by atoms with Crippen LogP contribution in [-0.4, -0.2) is 36.8 Å².